The molecule has 1 rings (SSSR count). The number of halogens is 2. The van der Waals surface area contributed by atoms with Crippen molar-refractivity contribution in [3.8, 4) is 0 Å². The first-order valence-corrected chi connectivity index (χ1v) is 5.21. The average molecular weight is 234 g/mol. The van der Waals surface area contributed by atoms with Crippen molar-refractivity contribution in [1.82, 2.24) is 0 Å². The molecular weight excluding hydrogens is 221 g/mol. The summed E-state index contributed by atoms with van der Waals surface area (Å²) in [7, 11) is 0. The first kappa shape index (κ1) is 11.8. The van der Waals surface area contributed by atoms with Crippen LogP contribution in [0.3, 0.4) is 0 Å². The van der Waals surface area contributed by atoms with Crippen LogP contribution in [0.4, 0.5) is 0 Å². The van der Waals surface area contributed by atoms with Crippen molar-refractivity contribution in [2.24, 2.45) is 5.73 Å². The number of aliphatic hydroxyl groups excluding tert-OH is 1. The molecule has 78 valence electrons. The van der Waals surface area contributed by atoms with E-state index in [-0.39, 0.29) is 6.04 Å². The summed E-state index contributed by atoms with van der Waals surface area (Å²) in [6.07, 6.45) is -0.135. The van der Waals surface area contributed by atoms with Crippen LogP contribution in [0.5, 0.6) is 0 Å². The molecule has 0 heterocycles. The number of benzene rings is 1. The second kappa shape index (κ2) is 4.99. The van der Waals surface area contributed by atoms with Gasteiger partial charge in [-0.3, -0.25) is 0 Å². The first-order chi connectivity index (χ1) is 6.57. The quantitative estimate of drug-likeness (QED) is 0.844. The molecule has 1 aromatic rings. The van der Waals surface area contributed by atoms with Gasteiger partial charge in [-0.05, 0) is 18.6 Å². The van der Waals surface area contributed by atoms with Gasteiger partial charge in [-0.2, -0.15) is 0 Å². The van der Waals surface area contributed by atoms with E-state index in [0.717, 1.165) is 0 Å². The predicted molar refractivity (Wildman–Crippen MR) is 59.7 cm³/mol. The van der Waals surface area contributed by atoms with E-state index >= 15 is 0 Å². The molecule has 0 aromatic heterocycles. The van der Waals surface area contributed by atoms with Crippen molar-refractivity contribution < 1.29 is 5.11 Å². The van der Waals surface area contributed by atoms with Crippen LogP contribution in [-0.4, -0.2) is 11.1 Å². The largest absolute Gasteiger partial charge is 0.387 e. The highest BCUT2D eigenvalue weighted by molar-refractivity contribution is 6.36. The van der Waals surface area contributed by atoms with Gasteiger partial charge in [0, 0.05) is 21.7 Å². The molecule has 0 aliphatic rings. The third-order valence-corrected chi connectivity index (χ3v) is 2.83. The Morgan fingerprint density at radius 2 is 1.86 bits per heavy atom. The van der Waals surface area contributed by atoms with Gasteiger partial charge >= 0.3 is 0 Å². The molecule has 0 aliphatic heterocycles. The Kier molecular flexibility index (Phi) is 4.20. The minimum Gasteiger partial charge on any atom is -0.387 e. The summed E-state index contributed by atoms with van der Waals surface area (Å²) in [6.45, 7) is 1.90. The fourth-order valence-electron chi connectivity index (χ4n) is 1.23. The molecule has 3 N–H and O–H groups in total. The number of nitrogens with two attached hydrogens (primary N) is 1. The molecule has 2 nitrogen and oxygen atoms in total. The summed E-state index contributed by atoms with van der Waals surface area (Å²) in [5.74, 6) is 0. The Balaban J connectivity index is 3.05. The highest BCUT2D eigenvalue weighted by atomic mass is 35.5. The highest BCUT2D eigenvalue weighted by Crippen LogP contribution is 2.31. The maximum absolute atomic E-state index is 9.86. The van der Waals surface area contributed by atoms with E-state index in [1.165, 1.54) is 0 Å². The van der Waals surface area contributed by atoms with Crippen molar-refractivity contribution in [3.63, 3.8) is 0 Å². The molecule has 0 amide bonds. The smallest absolute Gasteiger partial charge is 0.0969 e. The molecular formula is C10H13Cl2NO. The summed E-state index contributed by atoms with van der Waals surface area (Å²) >= 11 is 11.9. The first-order valence-electron chi connectivity index (χ1n) is 4.45. The minimum absolute atomic E-state index is 0.340. The zero-order chi connectivity index (χ0) is 10.7. The van der Waals surface area contributed by atoms with Gasteiger partial charge in [0.25, 0.3) is 0 Å². The van der Waals surface area contributed by atoms with Gasteiger partial charge in [0.2, 0.25) is 0 Å². The molecule has 0 fully saturated rings. The molecule has 2 atom stereocenters. The van der Waals surface area contributed by atoms with Gasteiger partial charge in [0.05, 0.1) is 6.10 Å². The lowest BCUT2D eigenvalue weighted by Crippen LogP contribution is -2.27. The van der Waals surface area contributed by atoms with E-state index in [1.807, 2.05) is 6.92 Å². The maximum atomic E-state index is 9.86. The summed E-state index contributed by atoms with van der Waals surface area (Å²) in [5, 5.41) is 10.8. The number of hydrogen-bond donors (Lipinski definition) is 2. The summed E-state index contributed by atoms with van der Waals surface area (Å²) in [6, 6.07) is 4.77. The topological polar surface area (TPSA) is 46.2 Å². The fourth-order valence-corrected chi connectivity index (χ4v) is 1.85. The second-order valence-electron chi connectivity index (χ2n) is 3.15. The Hall–Kier alpha value is -0.280. The summed E-state index contributed by atoms with van der Waals surface area (Å²) in [4.78, 5) is 0. The van der Waals surface area contributed by atoms with Crippen molar-refractivity contribution >= 4 is 23.2 Å². The van der Waals surface area contributed by atoms with Gasteiger partial charge in [-0.15, -0.1) is 0 Å². The molecule has 0 saturated carbocycles. The Morgan fingerprint density at radius 1 is 1.36 bits per heavy atom. The van der Waals surface area contributed by atoms with Crippen molar-refractivity contribution in [2.75, 3.05) is 0 Å². The van der Waals surface area contributed by atoms with Crippen LogP contribution in [0.15, 0.2) is 18.2 Å². The summed E-state index contributed by atoms with van der Waals surface area (Å²) in [5.41, 5.74) is 6.24. The van der Waals surface area contributed by atoms with Gasteiger partial charge in [0.1, 0.15) is 0 Å². The Labute approximate surface area is 93.6 Å². The zero-order valence-corrected chi connectivity index (χ0v) is 9.39. The molecule has 0 radical (unpaired) electrons. The molecule has 14 heavy (non-hydrogen) atoms. The van der Waals surface area contributed by atoms with E-state index in [2.05, 4.69) is 0 Å². The van der Waals surface area contributed by atoms with Crippen LogP contribution in [0.1, 0.15) is 25.0 Å². The Morgan fingerprint density at radius 3 is 2.29 bits per heavy atom. The number of hydrogen-bond acceptors (Lipinski definition) is 2. The third kappa shape index (κ3) is 2.39. The third-order valence-electron chi connectivity index (χ3n) is 2.17. The maximum Gasteiger partial charge on any atom is 0.0969 e. The normalized spacial score (nSPS) is 15.2. The van der Waals surface area contributed by atoms with Crippen LogP contribution in [0.25, 0.3) is 0 Å². The van der Waals surface area contributed by atoms with Crippen molar-refractivity contribution in [1.29, 1.82) is 0 Å². The van der Waals surface area contributed by atoms with Gasteiger partial charge in [0.15, 0.2) is 0 Å². The summed E-state index contributed by atoms with van der Waals surface area (Å²) < 4.78 is 0. The van der Waals surface area contributed by atoms with Gasteiger partial charge in [-0.1, -0.05) is 36.2 Å². The van der Waals surface area contributed by atoms with Crippen LogP contribution < -0.4 is 5.73 Å². The van der Waals surface area contributed by atoms with Crippen LogP contribution in [0.2, 0.25) is 10.0 Å². The van der Waals surface area contributed by atoms with Crippen molar-refractivity contribution in [3.05, 3.63) is 33.8 Å². The van der Waals surface area contributed by atoms with E-state index in [4.69, 9.17) is 28.9 Å². The number of rotatable bonds is 3. The minimum atomic E-state index is -0.804. The molecule has 0 aliphatic carbocycles. The molecule has 0 saturated heterocycles. The molecule has 0 spiro atoms. The molecule has 0 unspecified atom stereocenters. The fraction of sp³-hybridized carbons (Fsp3) is 0.400. The van der Waals surface area contributed by atoms with Crippen LogP contribution >= 0.6 is 23.2 Å². The van der Waals surface area contributed by atoms with E-state index in [1.54, 1.807) is 18.2 Å². The lowest BCUT2D eigenvalue weighted by Gasteiger charge is -2.19. The van der Waals surface area contributed by atoms with Gasteiger partial charge < -0.3 is 10.8 Å². The van der Waals surface area contributed by atoms with Crippen molar-refractivity contribution in [2.45, 2.75) is 25.5 Å². The standard InChI is InChI=1S/C10H13Cl2NO/c1-2-8(13)10(14)9-6(11)4-3-5-7(9)12/h3-5,8,10,14H,2,13H2,1H3/t8-,10-/m0/s1. The lowest BCUT2D eigenvalue weighted by molar-refractivity contribution is 0.144. The van der Waals surface area contributed by atoms with E-state index in [9.17, 15) is 5.11 Å². The second-order valence-corrected chi connectivity index (χ2v) is 3.97. The zero-order valence-electron chi connectivity index (χ0n) is 7.87. The molecule has 4 heteroatoms. The monoisotopic (exact) mass is 233 g/mol. The van der Waals surface area contributed by atoms with E-state index < -0.39 is 6.10 Å². The Bertz CT molecular complexity index is 297. The van der Waals surface area contributed by atoms with Gasteiger partial charge in [-0.25, -0.2) is 0 Å². The highest BCUT2D eigenvalue weighted by Gasteiger charge is 2.20. The SMILES string of the molecule is CC[C@H](N)[C@H](O)c1c(Cl)cccc1Cl. The van der Waals surface area contributed by atoms with Crippen LogP contribution in [0, 0.1) is 0 Å². The van der Waals surface area contributed by atoms with E-state index in [0.29, 0.717) is 22.0 Å². The lowest BCUT2D eigenvalue weighted by atomic mass is 10.0. The predicted octanol–water partition coefficient (Wildman–Crippen LogP) is 2.76. The molecule has 1 aromatic carbocycles. The molecule has 0 bridgehead atoms. The average Bonchev–Trinajstić information content (AvgIpc) is 2.16. The number of aliphatic hydroxyl groups is 1. The van der Waals surface area contributed by atoms with Crippen LogP contribution in [-0.2, 0) is 0 Å².